The first-order chi connectivity index (χ1) is 7.85. The molecular formula is C11H23NO4S. The van der Waals surface area contributed by atoms with E-state index in [0.717, 1.165) is 19.3 Å². The van der Waals surface area contributed by atoms with Gasteiger partial charge in [0, 0.05) is 12.6 Å². The van der Waals surface area contributed by atoms with Crippen LogP contribution in [0.5, 0.6) is 0 Å². The van der Waals surface area contributed by atoms with Crippen LogP contribution < -0.4 is 0 Å². The first-order valence-electron chi connectivity index (χ1n) is 6.06. The summed E-state index contributed by atoms with van der Waals surface area (Å²) in [6.45, 7) is 6.26. The summed E-state index contributed by atoms with van der Waals surface area (Å²) < 4.78 is 25.5. The molecule has 0 aliphatic heterocycles. The lowest BCUT2D eigenvalue weighted by Crippen LogP contribution is -2.40. The van der Waals surface area contributed by atoms with Gasteiger partial charge in [0.1, 0.15) is 0 Å². The number of unbranched alkanes of at least 4 members (excludes halogenated alkanes) is 1. The molecule has 17 heavy (non-hydrogen) atoms. The van der Waals surface area contributed by atoms with Crippen LogP contribution in [0.15, 0.2) is 0 Å². The number of carboxylic acid groups (broad SMARTS) is 1. The van der Waals surface area contributed by atoms with Crippen LogP contribution in [0.2, 0.25) is 0 Å². The van der Waals surface area contributed by atoms with Crippen molar-refractivity contribution in [2.45, 2.75) is 52.5 Å². The van der Waals surface area contributed by atoms with Crippen molar-refractivity contribution in [1.29, 1.82) is 0 Å². The van der Waals surface area contributed by atoms with Gasteiger partial charge in [-0.1, -0.05) is 20.3 Å². The lowest BCUT2D eigenvalue weighted by molar-refractivity contribution is -0.136. The quantitative estimate of drug-likeness (QED) is 0.688. The average Bonchev–Trinajstić information content (AvgIpc) is 2.26. The number of nitrogens with zero attached hydrogens (tertiary/aromatic N) is 1. The largest absolute Gasteiger partial charge is 0.481 e. The molecule has 0 aliphatic carbocycles. The summed E-state index contributed by atoms with van der Waals surface area (Å²) in [7, 11) is -3.45. The Labute approximate surface area is 104 Å². The normalized spacial score (nSPS) is 13.9. The Morgan fingerprint density at radius 3 is 2.35 bits per heavy atom. The highest BCUT2D eigenvalue weighted by Crippen LogP contribution is 2.13. The summed E-state index contributed by atoms with van der Waals surface area (Å²) in [5, 5.41) is 8.55. The number of sulfonamides is 1. The molecule has 1 unspecified atom stereocenters. The Hall–Kier alpha value is -0.620. The Kier molecular flexibility index (Phi) is 7.38. The van der Waals surface area contributed by atoms with E-state index in [1.807, 2.05) is 20.8 Å². The van der Waals surface area contributed by atoms with Crippen LogP contribution in [0.4, 0.5) is 0 Å². The number of carboxylic acids is 1. The molecule has 0 rings (SSSR count). The molecule has 6 heteroatoms. The van der Waals surface area contributed by atoms with Crippen LogP contribution >= 0.6 is 0 Å². The molecule has 0 amide bonds. The van der Waals surface area contributed by atoms with E-state index in [1.54, 1.807) is 0 Å². The summed E-state index contributed by atoms with van der Waals surface area (Å²) in [5.74, 6) is -1.38. The predicted molar refractivity (Wildman–Crippen MR) is 67.4 cm³/mol. The molecule has 1 N–H and O–H groups in total. The third-order valence-electron chi connectivity index (χ3n) is 2.75. The van der Waals surface area contributed by atoms with E-state index in [1.165, 1.54) is 4.31 Å². The van der Waals surface area contributed by atoms with Crippen LogP contribution in [-0.4, -0.2) is 42.1 Å². The highest BCUT2D eigenvalue weighted by molar-refractivity contribution is 7.89. The highest BCUT2D eigenvalue weighted by atomic mass is 32.2. The van der Waals surface area contributed by atoms with Crippen LogP contribution in [0.3, 0.4) is 0 Å². The molecule has 0 saturated carbocycles. The maximum absolute atomic E-state index is 12.0. The number of carbonyl (C=O) groups is 1. The second-order valence-electron chi connectivity index (χ2n) is 4.18. The van der Waals surface area contributed by atoms with Crippen molar-refractivity contribution in [2.75, 3.05) is 12.3 Å². The minimum atomic E-state index is -3.45. The minimum absolute atomic E-state index is 0.0691. The van der Waals surface area contributed by atoms with Crippen molar-refractivity contribution in [2.24, 2.45) is 0 Å². The molecule has 1 atom stereocenters. The first kappa shape index (κ1) is 16.4. The molecule has 0 heterocycles. The maximum Gasteiger partial charge on any atom is 0.304 e. The Morgan fingerprint density at radius 2 is 1.94 bits per heavy atom. The van der Waals surface area contributed by atoms with Gasteiger partial charge in [0.2, 0.25) is 10.0 Å². The van der Waals surface area contributed by atoms with Crippen molar-refractivity contribution in [1.82, 2.24) is 4.31 Å². The maximum atomic E-state index is 12.0. The summed E-state index contributed by atoms with van der Waals surface area (Å²) in [5.41, 5.74) is 0. The number of hydrogen-bond donors (Lipinski definition) is 1. The van der Waals surface area contributed by atoms with Gasteiger partial charge < -0.3 is 5.11 Å². The fourth-order valence-electron chi connectivity index (χ4n) is 1.48. The van der Waals surface area contributed by atoms with E-state index in [0.29, 0.717) is 6.54 Å². The van der Waals surface area contributed by atoms with Crippen LogP contribution in [0.1, 0.15) is 46.5 Å². The monoisotopic (exact) mass is 265 g/mol. The van der Waals surface area contributed by atoms with Gasteiger partial charge in [0.15, 0.2) is 0 Å². The van der Waals surface area contributed by atoms with E-state index >= 15 is 0 Å². The van der Waals surface area contributed by atoms with Crippen molar-refractivity contribution < 1.29 is 18.3 Å². The lowest BCUT2D eigenvalue weighted by atomic mass is 10.2. The molecule has 5 nitrogen and oxygen atoms in total. The zero-order chi connectivity index (χ0) is 13.5. The molecule has 102 valence electrons. The summed E-state index contributed by atoms with van der Waals surface area (Å²) in [4.78, 5) is 10.4. The zero-order valence-corrected chi connectivity index (χ0v) is 11.7. The predicted octanol–water partition coefficient (Wildman–Crippen LogP) is 1.69. The Morgan fingerprint density at radius 1 is 1.35 bits per heavy atom. The van der Waals surface area contributed by atoms with Crippen LogP contribution in [-0.2, 0) is 14.8 Å². The van der Waals surface area contributed by atoms with Gasteiger partial charge in [-0.25, -0.2) is 8.42 Å². The second kappa shape index (κ2) is 7.66. The van der Waals surface area contributed by atoms with Crippen molar-refractivity contribution in [3.8, 4) is 0 Å². The smallest absolute Gasteiger partial charge is 0.304 e. The lowest BCUT2D eigenvalue weighted by Gasteiger charge is -2.27. The average molecular weight is 265 g/mol. The first-order valence-corrected chi connectivity index (χ1v) is 7.67. The van der Waals surface area contributed by atoms with E-state index in [-0.39, 0.29) is 18.2 Å². The van der Waals surface area contributed by atoms with E-state index in [9.17, 15) is 13.2 Å². The molecule has 0 bridgehead atoms. The number of aliphatic carboxylic acids is 1. The van der Waals surface area contributed by atoms with Crippen LogP contribution in [0, 0.1) is 0 Å². The molecule has 0 aromatic rings. The minimum Gasteiger partial charge on any atom is -0.481 e. The highest BCUT2D eigenvalue weighted by Gasteiger charge is 2.26. The second-order valence-corrected chi connectivity index (χ2v) is 6.22. The SMILES string of the molecule is CCCCN(C(C)CC)S(=O)(=O)CCC(=O)O. The third kappa shape index (κ3) is 6.02. The summed E-state index contributed by atoms with van der Waals surface area (Å²) >= 11 is 0. The van der Waals surface area contributed by atoms with Gasteiger partial charge >= 0.3 is 5.97 Å². The molecule has 0 aromatic heterocycles. The number of rotatable bonds is 9. The van der Waals surface area contributed by atoms with E-state index < -0.39 is 16.0 Å². The molecule has 0 radical (unpaired) electrons. The van der Waals surface area contributed by atoms with Gasteiger partial charge in [-0.2, -0.15) is 4.31 Å². The van der Waals surface area contributed by atoms with Gasteiger partial charge in [-0.05, 0) is 19.8 Å². The van der Waals surface area contributed by atoms with Crippen LogP contribution in [0.25, 0.3) is 0 Å². The molecule has 0 fully saturated rings. The number of hydrogen-bond acceptors (Lipinski definition) is 3. The molecule has 0 saturated heterocycles. The van der Waals surface area contributed by atoms with Crippen molar-refractivity contribution in [3.63, 3.8) is 0 Å². The fourth-order valence-corrected chi connectivity index (χ4v) is 3.26. The summed E-state index contributed by atoms with van der Waals surface area (Å²) in [6, 6.07) is -0.0691. The van der Waals surface area contributed by atoms with Gasteiger partial charge in [0.05, 0.1) is 12.2 Å². The van der Waals surface area contributed by atoms with E-state index in [2.05, 4.69) is 0 Å². The van der Waals surface area contributed by atoms with Gasteiger partial charge in [-0.15, -0.1) is 0 Å². The molecule has 0 aromatic carbocycles. The van der Waals surface area contributed by atoms with Crippen molar-refractivity contribution in [3.05, 3.63) is 0 Å². The Bertz CT molecular complexity index is 326. The molecule has 0 spiro atoms. The third-order valence-corrected chi connectivity index (χ3v) is 4.72. The topological polar surface area (TPSA) is 74.7 Å². The fraction of sp³-hybridized carbons (Fsp3) is 0.909. The summed E-state index contributed by atoms with van der Waals surface area (Å²) in [6.07, 6.45) is 2.12. The van der Waals surface area contributed by atoms with E-state index in [4.69, 9.17) is 5.11 Å². The Balaban J connectivity index is 4.69. The zero-order valence-electron chi connectivity index (χ0n) is 10.8. The molecule has 0 aliphatic rings. The standard InChI is InChI=1S/C11H23NO4S/c1-4-6-8-12(10(3)5-2)17(15,16)9-7-11(13)14/h10H,4-9H2,1-3H3,(H,13,14). The van der Waals surface area contributed by atoms with Crippen molar-refractivity contribution >= 4 is 16.0 Å². The molecular weight excluding hydrogens is 242 g/mol. The van der Waals surface area contributed by atoms with Gasteiger partial charge in [0.25, 0.3) is 0 Å². The van der Waals surface area contributed by atoms with Gasteiger partial charge in [-0.3, -0.25) is 4.79 Å².